The van der Waals surface area contributed by atoms with Crippen LogP contribution in [0.1, 0.15) is 36.1 Å². The van der Waals surface area contributed by atoms with Gasteiger partial charge in [0.2, 0.25) is 11.8 Å². The predicted octanol–water partition coefficient (Wildman–Crippen LogP) is 4.05. The number of nitrogens with two attached hydrogens (primary N) is 1. The minimum absolute atomic E-state index is 0.105. The molecule has 1 aromatic heterocycles. The number of allylic oxidation sites excluding steroid dienone is 1. The van der Waals surface area contributed by atoms with E-state index >= 15 is 0 Å². The Balaban J connectivity index is 1.98. The molecule has 2 N–H and O–H groups in total. The number of ether oxygens (including phenoxy) is 2. The first-order valence-electron chi connectivity index (χ1n) is 9.56. The van der Waals surface area contributed by atoms with Gasteiger partial charge in [0, 0.05) is 0 Å². The fourth-order valence-corrected chi connectivity index (χ4v) is 3.73. The Morgan fingerprint density at radius 3 is 2.69 bits per heavy atom. The lowest BCUT2D eigenvalue weighted by Crippen LogP contribution is -2.22. The molecule has 1 atom stereocenters. The molecule has 2 aromatic carbocycles. The molecule has 0 bridgehead atoms. The number of nitrogens with zero attached hydrogens (tertiary/aromatic N) is 3. The summed E-state index contributed by atoms with van der Waals surface area (Å²) in [6.07, 6.45) is 1.69. The topological polar surface area (TPSA) is 86.1 Å². The van der Waals surface area contributed by atoms with E-state index in [1.54, 1.807) is 11.8 Å². The Hall–Kier alpha value is -3.72. The molecule has 0 spiro atoms. The van der Waals surface area contributed by atoms with Crippen LogP contribution in [0.25, 0.3) is 5.69 Å². The summed E-state index contributed by atoms with van der Waals surface area (Å²) in [6.45, 7) is 2.10. The van der Waals surface area contributed by atoms with E-state index in [0.717, 1.165) is 41.1 Å². The van der Waals surface area contributed by atoms with Gasteiger partial charge in [0.15, 0.2) is 0 Å². The van der Waals surface area contributed by atoms with Crippen molar-refractivity contribution in [1.82, 2.24) is 9.78 Å². The summed E-state index contributed by atoms with van der Waals surface area (Å²) in [5.74, 6) is 1.02. The summed E-state index contributed by atoms with van der Waals surface area (Å²) in [4.78, 5) is 0. The second-order valence-electron chi connectivity index (χ2n) is 6.86. The average Bonchev–Trinajstić information content (AvgIpc) is 3.11. The van der Waals surface area contributed by atoms with Crippen molar-refractivity contribution in [3.8, 4) is 23.4 Å². The van der Waals surface area contributed by atoms with Crippen molar-refractivity contribution in [3.63, 3.8) is 0 Å². The van der Waals surface area contributed by atoms with Gasteiger partial charge in [-0.05, 0) is 36.2 Å². The molecule has 0 saturated carbocycles. The lowest BCUT2D eigenvalue weighted by molar-refractivity contribution is 0.366. The van der Waals surface area contributed by atoms with Crippen molar-refractivity contribution >= 4 is 0 Å². The van der Waals surface area contributed by atoms with Gasteiger partial charge in [0.05, 0.1) is 30.0 Å². The van der Waals surface area contributed by atoms with Crippen molar-refractivity contribution in [2.45, 2.75) is 25.7 Å². The van der Waals surface area contributed by atoms with Gasteiger partial charge < -0.3 is 15.2 Å². The van der Waals surface area contributed by atoms with E-state index in [1.807, 2.05) is 54.6 Å². The largest absolute Gasteiger partial charge is 0.497 e. The molecule has 4 rings (SSSR count). The summed E-state index contributed by atoms with van der Waals surface area (Å²) in [6, 6.07) is 19.7. The summed E-state index contributed by atoms with van der Waals surface area (Å²) >= 11 is 0. The Labute approximate surface area is 169 Å². The molecule has 0 saturated heterocycles. The van der Waals surface area contributed by atoms with Gasteiger partial charge in [-0.1, -0.05) is 43.7 Å². The number of nitriles is 1. The van der Waals surface area contributed by atoms with Crippen molar-refractivity contribution < 1.29 is 9.47 Å². The number of para-hydroxylation sites is 1. The fraction of sp³-hybridized carbons (Fsp3) is 0.217. The average molecular weight is 386 g/mol. The molecule has 1 aliphatic rings. The first-order chi connectivity index (χ1) is 14.2. The Kier molecular flexibility index (Phi) is 4.96. The van der Waals surface area contributed by atoms with Gasteiger partial charge in [-0.15, -0.1) is 0 Å². The van der Waals surface area contributed by atoms with Gasteiger partial charge in [0.1, 0.15) is 17.4 Å². The normalized spacial score (nSPS) is 15.4. The third-order valence-corrected chi connectivity index (χ3v) is 5.04. The molecule has 1 aliphatic heterocycles. The maximum Gasteiger partial charge on any atom is 0.229 e. The highest BCUT2D eigenvalue weighted by Gasteiger charge is 2.37. The Morgan fingerprint density at radius 1 is 1.21 bits per heavy atom. The molecule has 0 radical (unpaired) electrons. The number of aryl methyl sites for hydroxylation is 1. The number of benzene rings is 2. The van der Waals surface area contributed by atoms with Crippen molar-refractivity contribution in [3.05, 3.63) is 82.9 Å². The molecule has 29 heavy (non-hydrogen) atoms. The standard InChI is InChI=1S/C23H22N4O2/c1-3-8-19-21-20(15-9-7-12-17(13-15)28-2)18(14-24)22(25)29-23(21)27(26-19)16-10-5-4-6-11-16/h4-7,9-13,20H,3,8,25H2,1-2H3/t20-/m0/s1. The van der Waals surface area contributed by atoms with E-state index in [9.17, 15) is 5.26 Å². The molecule has 3 aromatic rings. The molecule has 0 fully saturated rings. The zero-order valence-corrected chi connectivity index (χ0v) is 16.4. The predicted molar refractivity (Wildman–Crippen MR) is 110 cm³/mol. The number of aromatic nitrogens is 2. The second kappa shape index (κ2) is 7.72. The molecule has 6 heteroatoms. The van der Waals surface area contributed by atoms with E-state index < -0.39 is 0 Å². The van der Waals surface area contributed by atoms with Crippen LogP contribution in [0, 0.1) is 11.3 Å². The SMILES string of the molecule is CCCc1nn(-c2ccccc2)c2c1[C@@H](c1cccc(OC)c1)C(C#N)=C(N)O2. The van der Waals surface area contributed by atoms with Crippen molar-refractivity contribution in [2.75, 3.05) is 7.11 Å². The molecule has 6 nitrogen and oxygen atoms in total. The number of hydrogen-bond acceptors (Lipinski definition) is 5. The highest BCUT2D eigenvalue weighted by atomic mass is 16.5. The van der Waals surface area contributed by atoms with E-state index in [-0.39, 0.29) is 11.8 Å². The highest BCUT2D eigenvalue weighted by molar-refractivity contribution is 5.58. The summed E-state index contributed by atoms with van der Waals surface area (Å²) in [7, 11) is 1.62. The molecule has 2 heterocycles. The van der Waals surface area contributed by atoms with Crippen LogP contribution in [-0.2, 0) is 6.42 Å². The van der Waals surface area contributed by atoms with Crippen LogP contribution in [0.4, 0.5) is 0 Å². The quantitative estimate of drug-likeness (QED) is 0.715. The van der Waals surface area contributed by atoms with Crippen molar-refractivity contribution in [2.24, 2.45) is 5.73 Å². The maximum atomic E-state index is 9.86. The number of hydrogen-bond donors (Lipinski definition) is 1. The fourth-order valence-electron chi connectivity index (χ4n) is 3.73. The van der Waals surface area contributed by atoms with E-state index in [4.69, 9.17) is 20.3 Å². The molecular formula is C23H22N4O2. The lowest BCUT2D eigenvalue weighted by atomic mass is 9.83. The summed E-state index contributed by atoms with van der Waals surface area (Å²) in [5, 5.41) is 14.7. The Bertz CT molecular complexity index is 1110. The first-order valence-corrected chi connectivity index (χ1v) is 9.56. The van der Waals surface area contributed by atoms with Gasteiger partial charge in [0.25, 0.3) is 0 Å². The third kappa shape index (κ3) is 3.21. The van der Waals surface area contributed by atoms with Crippen LogP contribution < -0.4 is 15.2 Å². The molecule has 0 aliphatic carbocycles. The minimum atomic E-state index is -0.363. The van der Waals surface area contributed by atoms with E-state index in [0.29, 0.717) is 11.5 Å². The number of methoxy groups -OCH3 is 1. The van der Waals surface area contributed by atoms with Crippen LogP contribution in [0.15, 0.2) is 66.1 Å². The molecule has 0 unspecified atom stereocenters. The van der Waals surface area contributed by atoms with Gasteiger partial charge in [-0.25, -0.2) is 4.68 Å². The monoisotopic (exact) mass is 386 g/mol. The lowest BCUT2D eigenvalue weighted by Gasteiger charge is -2.25. The van der Waals surface area contributed by atoms with Crippen LogP contribution >= 0.6 is 0 Å². The van der Waals surface area contributed by atoms with Gasteiger partial charge in [-0.3, -0.25) is 0 Å². The highest BCUT2D eigenvalue weighted by Crippen LogP contribution is 2.45. The van der Waals surface area contributed by atoms with Crippen LogP contribution in [0.2, 0.25) is 0 Å². The smallest absolute Gasteiger partial charge is 0.229 e. The Morgan fingerprint density at radius 2 is 2.00 bits per heavy atom. The third-order valence-electron chi connectivity index (χ3n) is 5.04. The maximum absolute atomic E-state index is 9.86. The van der Waals surface area contributed by atoms with E-state index in [1.165, 1.54) is 0 Å². The number of rotatable bonds is 5. The molecule has 0 amide bonds. The van der Waals surface area contributed by atoms with Crippen LogP contribution in [-0.4, -0.2) is 16.9 Å². The number of fused-ring (bicyclic) bond motifs is 1. The van der Waals surface area contributed by atoms with Crippen LogP contribution in [0.3, 0.4) is 0 Å². The molecular weight excluding hydrogens is 364 g/mol. The van der Waals surface area contributed by atoms with Crippen molar-refractivity contribution in [1.29, 1.82) is 5.26 Å². The van der Waals surface area contributed by atoms with Gasteiger partial charge in [-0.2, -0.15) is 10.4 Å². The first kappa shape index (κ1) is 18.6. The summed E-state index contributed by atoms with van der Waals surface area (Å²) < 4.78 is 13.1. The minimum Gasteiger partial charge on any atom is -0.497 e. The van der Waals surface area contributed by atoms with E-state index in [2.05, 4.69) is 13.0 Å². The zero-order valence-electron chi connectivity index (χ0n) is 16.4. The zero-order chi connectivity index (χ0) is 20.4. The molecule has 146 valence electrons. The second-order valence-corrected chi connectivity index (χ2v) is 6.86. The summed E-state index contributed by atoms with van der Waals surface area (Å²) in [5.41, 5.74) is 10.2. The van der Waals surface area contributed by atoms with Gasteiger partial charge >= 0.3 is 0 Å². The van der Waals surface area contributed by atoms with Crippen LogP contribution in [0.5, 0.6) is 11.6 Å².